The van der Waals surface area contributed by atoms with Crippen molar-refractivity contribution in [1.29, 1.82) is 0 Å². The summed E-state index contributed by atoms with van der Waals surface area (Å²) in [6.45, 7) is 3.26. The topological polar surface area (TPSA) is 77.9 Å². The zero-order chi connectivity index (χ0) is 13.8. The van der Waals surface area contributed by atoms with Gasteiger partial charge in [-0.3, -0.25) is 9.48 Å². The molecule has 0 saturated heterocycles. The summed E-state index contributed by atoms with van der Waals surface area (Å²) in [4.78, 5) is 12.0. The van der Waals surface area contributed by atoms with Crippen LogP contribution < -0.4 is 11.1 Å². The number of nitrogens with zero attached hydrogens (tertiary/aromatic N) is 3. The van der Waals surface area contributed by atoms with Crippen molar-refractivity contribution in [2.75, 3.05) is 12.3 Å². The molecule has 0 radical (unpaired) electrons. The first-order valence-corrected chi connectivity index (χ1v) is 6.32. The molecule has 6 nitrogen and oxygen atoms in total. The highest BCUT2D eigenvalue weighted by Crippen LogP contribution is 2.10. The van der Waals surface area contributed by atoms with E-state index in [0.29, 0.717) is 17.9 Å². The summed E-state index contributed by atoms with van der Waals surface area (Å²) in [6.07, 6.45) is 4.38. The second kappa shape index (κ2) is 5.60. The summed E-state index contributed by atoms with van der Waals surface area (Å²) in [5.41, 5.74) is 7.87. The van der Waals surface area contributed by atoms with E-state index in [0.717, 1.165) is 18.7 Å². The molecule has 102 valence electrons. The third kappa shape index (κ3) is 3.15. The van der Waals surface area contributed by atoms with Gasteiger partial charge in [0.1, 0.15) is 5.69 Å². The molecule has 0 aliphatic rings. The van der Waals surface area contributed by atoms with Gasteiger partial charge in [0.2, 0.25) is 0 Å². The number of carbonyl (C=O) groups is 1. The number of carbonyl (C=O) groups excluding carboxylic acids is 1. The van der Waals surface area contributed by atoms with E-state index in [2.05, 4.69) is 10.4 Å². The Balaban J connectivity index is 1.90. The lowest BCUT2D eigenvalue weighted by Crippen LogP contribution is -2.27. The molecule has 6 heteroatoms. The molecule has 0 atom stereocenters. The van der Waals surface area contributed by atoms with Crippen molar-refractivity contribution in [1.82, 2.24) is 19.7 Å². The number of nitrogens with one attached hydrogen (secondary N) is 1. The number of aromatic nitrogens is 3. The maximum atomic E-state index is 12.0. The summed E-state index contributed by atoms with van der Waals surface area (Å²) in [7, 11) is 1.87. The molecule has 0 saturated carbocycles. The smallest absolute Gasteiger partial charge is 0.267 e. The second-order valence-electron chi connectivity index (χ2n) is 4.43. The Hall–Kier alpha value is -2.24. The average Bonchev–Trinajstić information content (AvgIpc) is 2.95. The molecule has 0 spiro atoms. The highest BCUT2D eigenvalue weighted by molar-refractivity contribution is 5.93. The maximum Gasteiger partial charge on any atom is 0.267 e. The Morgan fingerprint density at radius 3 is 2.95 bits per heavy atom. The van der Waals surface area contributed by atoms with Gasteiger partial charge in [-0.15, -0.1) is 0 Å². The summed E-state index contributed by atoms with van der Waals surface area (Å²) in [6, 6.07) is 3.64. The van der Waals surface area contributed by atoms with Crippen molar-refractivity contribution < 1.29 is 4.79 Å². The zero-order valence-electron chi connectivity index (χ0n) is 11.3. The van der Waals surface area contributed by atoms with Gasteiger partial charge in [0.15, 0.2) is 0 Å². The molecule has 0 fully saturated rings. The van der Waals surface area contributed by atoms with E-state index in [1.165, 1.54) is 0 Å². The summed E-state index contributed by atoms with van der Waals surface area (Å²) < 4.78 is 3.59. The molecule has 0 bridgehead atoms. The molecule has 3 N–H and O–H groups in total. The van der Waals surface area contributed by atoms with Crippen molar-refractivity contribution in [3.8, 4) is 0 Å². The zero-order valence-corrected chi connectivity index (χ0v) is 11.3. The molecule has 19 heavy (non-hydrogen) atoms. The molecule has 0 aliphatic heterocycles. The van der Waals surface area contributed by atoms with Crippen LogP contribution in [-0.4, -0.2) is 26.8 Å². The van der Waals surface area contributed by atoms with E-state index in [4.69, 9.17) is 5.73 Å². The lowest BCUT2D eigenvalue weighted by Gasteiger charge is -2.06. The first kappa shape index (κ1) is 13.2. The van der Waals surface area contributed by atoms with E-state index in [1.807, 2.05) is 30.8 Å². The van der Waals surface area contributed by atoms with Gasteiger partial charge in [-0.1, -0.05) is 0 Å². The van der Waals surface area contributed by atoms with Gasteiger partial charge in [-0.2, -0.15) is 5.10 Å². The monoisotopic (exact) mass is 261 g/mol. The summed E-state index contributed by atoms with van der Waals surface area (Å²) >= 11 is 0. The van der Waals surface area contributed by atoms with Crippen LogP contribution in [0.3, 0.4) is 0 Å². The van der Waals surface area contributed by atoms with E-state index in [1.54, 1.807) is 16.9 Å². The number of rotatable bonds is 5. The summed E-state index contributed by atoms with van der Waals surface area (Å²) in [5.74, 6) is -0.102. The number of hydrogen-bond donors (Lipinski definition) is 2. The van der Waals surface area contributed by atoms with Crippen molar-refractivity contribution in [2.45, 2.75) is 19.9 Å². The number of hydrogen-bond acceptors (Lipinski definition) is 3. The molecule has 2 heterocycles. The Labute approximate surface area is 112 Å². The molecule has 0 aromatic carbocycles. The molecular weight excluding hydrogens is 242 g/mol. The SMILES string of the molecule is CCn1cc(N)cc1C(=O)NCCc1ccn(C)n1. The van der Waals surface area contributed by atoms with Crippen LogP contribution in [0.1, 0.15) is 23.1 Å². The second-order valence-corrected chi connectivity index (χ2v) is 4.43. The van der Waals surface area contributed by atoms with Crippen molar-refractivity contribution in [2.24, 2.45) is 7.05 Å². The largest absolute Gasteiger partial charge is 0.397 e. The molecular formula is C13H19N5O. The highest BCUT2D eigenvalue weighted by atomic mass is 16.1. The minimum atomic E-state index is -0.102. The van der Waals surface area contributed by atoms with Crippen LogP contribution in [0.2, 0.25) is 0 Å². The Morgan fingerprint density at radius 2 is 2.32 bits per heavy atom. The van der Waals surface area contributed by atoms with Crippen LogP contribution in [0.4, 0.5) is 5.69 Å². The first-order chi connectivity index (χ1) is 9.10. The molecule has 0 unspecified atom stereocenters. The fraction of sp³-hybridized carbons (Fsp3) is 0.385. The van der Waals surface area contributed by atoms with Crippen LogP contribution in [-0.2, 0) is 20.0 Å². The maximum absolute atomic E-state index is 12.0. The Kier molecular flexibility index (Phi) is 3.89. The van der Waals surface area contributed by atoms with Gasteiger partial charge in [0, 0.05) is 39.0 Å². The Bertz CT molecular complexity index is 569. The minimum absolute atomic E-state index is 0.102. The van der Waals surface area contributed by atoms with E-state index >= 15 is 0 Å². The predicted octanol–water partition coefficient (Wildman–Crippen LogP) is 0.796. The Morgan fingerprint density at radius 1 is 1.53 bits per heavy atom. The van der Waals surface area contributed by atoms with Gasteiger partial charge >= 0.3 is 0 Å². The van der Waals surface area contributed by atoms with Crippen molar-refractivity contribution in [3.05, 3.63) is 35.9 Å². The van der Waals surface area contributed by atoms with Crippen LogP contribution in [0, 0.1) is 0 Å². The standard InChI is InChI=1S/C13H19N5O/c1-3-18-9-10(14)8-12(18)13(19)15-6-4-11-5-7-17(2)16-11/h5,7-9H,3-4,6,14H2,1-2H3,(H,15,19). The number of aryl methyl sites for hydroxylation is 2. The molecule has 0 aliphatic carbocycles. The molecule has 2 aromatic heterocycles. The minimum Gasteiger partial charge on any atom is -0.397 e. The van der Waals surface area contributed by atoms with Crippen LogP contribution >= 0.6 is 0 Å². The van der Waals surface area contributed by atoms with E-state index in [-0.39, 0.29) is 5.91 Å². The van der Waals surface area contributed by atoms with Gasteiger partial charge in [0.25, 0.3) is 5.91 Å². The predicted molar refractivity (Wildman–Crippen MR) is 73.8 cm³/mol. The average molecular weight is 261 g/mol. The highest BCUT2D eigenvalue weighted by Gasteiger charge is 2.11. The van der Waals surface area contributed by atoms with Gasteiger partial charge in [-0.05, 0) is 19.1 Å². The lowest BCUT2D eigenvalue weighted by molar-refractivity contribution is 0.0945. The third-order valence-electron chi connectivity index (χ3n) is 2.93. The quantitative estimate of drug-likeness (QED) is 0.835. The number of amides is 1. The fourth-order valence-corrected chi connectivity index (χ4v) is 1.98. The van der Waals surface area contributed by atoms with Gasteiger partial charge < -0.3 is 15.6 Å². The van der Waals surface area contributed by atoms with Gasteiger partial charge in [0.05, 0.1) is 11.4 Å². The van der Waals surface area contributed by atoms with E-state index < -0.39 is 0 Å². The van der Waals surface area contributed by atoms with Gasteiger partial charge in [-0.25, -0.2) is 0 Å². The normalized spacial score (nSPS) is 10.6. The summed E-state index contributed by atoms with van der Waals surface area (Å²) in [5, 5.41) is 7.14. The number of nitrogen functional groups attached to an aromatic ring is 1. The molecule has 1 amide bonds. The van der Waals surface area contributed by atoms with Crippen LogP contribution in [0.15, 0.2) is 24.5 Å². The number of anilines is 1. The molecule has 2 rings (SSSR count). The fourth-order valence-electron chi connectivity index (χ4n) is 1.98. The van der Waals surface area contributed by atoms with Crippen LogP contribution in [0.5, 0.6) is 0 Å². The lowest BCUT2D eigenvalue weighted by atomic mass is 10.3. The van der Waals surface area contributed by atoms with Crippen LogP contribution in [0.25, 0.3) is 0 Å². The number of nitrogens with two attached hydrogens (primary N) is 1. The van der Waals surface area contributed by atoms with Crippen molar-refractivity contribution in [3.63, 3.8) is 0 Å². The molecule has 2 aromatic rings. The first-order valence-electron chi connectivity index (χ1n) is 6.32. The third-order valence-corrected chi connectivity index (χ3v) is 2.93. The van der Waals surface area contributed by atoms with E-state index in [9.17, 15) is 4.79 Å². The van der Waals surface area contributed by atoms with Crippen molar-refractivity contribution >= 4 is 11.6 Å².